The van der Waals surface area contributed by atoms with E-state index < -0.39 is 33.3 Å². The van der Waals surface area contributed by atoms with Gasteiger partial charge in [-0.05, 0) is 43.2 Å². The molecule has 0 bridgehead atoms. The van der Waals surface area contributed by atoms with E-state index in [0.717, 1.165) is 22.7 Å². The summed E-state index contributed by atoms with van der Waals surface area (Å²) in [4.78, 5) is 12.0. The van der Waals surface area contributed by atoms with Crippen molar-refractivity contribution in [2.75, 3.05) is 22.4 Å². The van der Waals surface area contributed by atoms with Gasteiger partial charge in [0.2, 0.25) is 15.9 Å². The molecule has 27 heavy (non-hydrogen) atoms. The van der Waals surface area contributed by atoms with E-state index in [-0.39, 0.29) is 19.4 Å². The van der Waals surface area contributed by atoms with Gasteiger partial charge in [0.05, 0.1) is 11.9 Å². The van der Waals surface area contributed by atoms with Crippen LogP contribution >= 0.6 is 11.6 Å². The Hall–Kier alpha value is -2.19. The number of anilines is 2. The molecule has 0 aliphatic heterocycles. The van der Waals surface area contributed by atoms with Gasteiger partial charge in [0.1, 0.15) is 17.3 Å². The second kappa shape index (κ2) is 8.67. The highest BCUT2D eigenvalue weighted by Gasteiger charge is 2.20. The fraction of sp³-hybridized carbons (Fsp3) is 0.278. The van der Waals surface area contributed by atoms with Gasteiger partial charge in [-0.25, -0.2) is 17.2 Å². The fourth-order valence-corrected chi connectivity index (χ4v) is 3.72. The fourth-order valence-electron chi connectivity index (χ4n) is 2.53. The first-order valence-electron chi connectivity index (χ1n) is 8.08. The first-order valence-corrected chi connectivity index (χ1v) is 10.3. The molecule has 0 fully saturated rings. The summed E-state index contributed by atoms with van der Waals surface area (Å²) in [6.45, 7) is 1.72. The molecule has 0 saturated carbocycles. The molecule has 9 heteroatoms. The number of rotatable bonds is 7. The predicted molar refractivity (Wildman–Crippen MR) is 103 cm³/mol. The minimum Gasteiger partial charge on any atom is -0.321 e. The normalized spacial score (nSPS) is 11.3. The monoisotopic (exact) mass is 416 g/mol. The van der Waals surface area contributed by atoms with Crippen LogP contribution in [0.2, 0.25) is 5.02 Å². The summed E-state index contributed by atoms with van der Waals surface area (Å²) in [5.41, 5.74) is 0.501. The second-order valence-electron chi connectivity index (χ2n) is 5.97. The molecule has 0 unspecified atom stereocenters. The van der Waals surface area contributed by atoms with Crippen LogP contribution in [0.5, 0.6) is 0 Å². The van der Waals surface area contributed by atoms with Crippen LogP contribution in [-0.4, -0.2) is 27.1 Å². The number of benzene rings is 2. The lowest BCUT2D eigenvalue weighted by Crippen LogP contribution is -2.32. The van der Waals surface area contributed by atoms with Crippen LogP contribution in [0, 0.1) is 18.6 Å². The number of nitrogens with zero attached hydrogens (tertiary/aromatic N) is 1. The van der Waals surface area contributed by atoms with E-state index in [2.05, 4.69) is 5.32 Å². The molecule has 5 nitrogen and oxygen atoms in total. The lowest BCUT2D eigenvalue weighted by atomic mass is 10.2. The molecule has 0 saturated heterocycles. The predicted octanol–water partition coefficient (Wildman–Crippen LogP) is 4.11. The van der Waals surface area contributed by atoms with Gasteiger partial charge in [-0.2, -0.15) is 0 Å². The lowest BCUT2D eigenvalue weighted by molar-refractivity contribution is -0.116. The van der Waals surface area contributed by atoms with Crippen LogP contribution in [0.1, 0.15) is 18.4 Å². The summed E-state index contributed by atoms with van der Waals surface area (Å²) in [5.74, 6) is -2.37. The molecule has 1 amide bonds. The number of carbonyl (C=O) groups is 1. The summed E-state index contributed by atoms with van der Waals surface area (Å²) in [7, 11) is -3.60. The van der Waals surface area contributed by atoms with Gasteiger partial charge in [0.15, 0.2) is 0 Å². The Morgan fingerprint density at radius 3 is 2.33 bits per heavy atom. The number of amides is 1. The van der Waals surface area contributed by atoms with E-state index in [1.165, 1.54) is 6.07 Å². The van der Waals surface area contributed by atoms with Crippen molar-refractivity contribution in [3.63, 3.8) is 0 Å². The van der Waals surface area contributed by atoms with Crippen LogP contribution < -0.4 is 9.62 Å². The van der Waals surface area contributed by atoms with E-state index in [9.17, 15) is 22.0 Å². The first-order chi connectivity index (χ1) is 12.6. The molecular weight excluding hydrogens is 398 g/mol. The molecule has 1 N–H and O–H groups in total. The Balaban J connectivity index is 2.06. The molecule has 0 spiro atoms. The topological polar surface area (TPSA) is 66.5 Å². The second-order valence-corrected chi connectivity index (χ2v) is 8.28. The van der Waals surface area contributed by atoms with Crippen LogP contribution in [0.4, 0.5) is 20.2 Å². The number of halogens is 3. The third-order valence-corrected chi connectivity index (χ3v) is 5.49. The quantitative estimate of drug-likeness (QED) is 0.738. The van der Waals surface area contributed by atoms with Crippen molar-refractivity contribution < 1.29 is 22.0 Å². The van der Waals surface area contributed by atoms with Gasteiger partial charge in [-0.3, -0.25) is 9.10 Å². The van der Waals surface area contributed by atoms with Crippen molar-refractivity contribution in [2.45, 2.75) is 19.8 Å². The zero-order valence-corrected chi connectivity index (χ0v) is 16.4. The van der Waals surface area contributed by atoms with Crippen molar-refractivity contribution in [3.05, 3.63) is 58.6 Å². The molecule has 2 aromatic carbocycles. The molecule has 0 radical (unpaired) electrons. The Kier molecular flexibility index (Phi) is 6.78. The van der Waals surface area contributed by atoms with Crippen molar-refractivity contribution in [3.8, 4) is 0 Å². The van der Waals surface area contributed by atoms with E-state index in [1.807, 2.05) is 0 Å². The number of hydrogen-bond acceptors (Lipinski definition) is 3. The highest BCUT2D eigenvalue weighted by atomic mass is 35.5. The van der Waals surface area contributed by atoms with E-state index >= 15 is 0 Å². The summed E-state index contributed by atoms with van der Waals surface area (Å²) in [6.07, 6.45) is 1.10. The number of sulfonamides is 1. The maximum atomic E-state index is 13.6. The third-order valence-electron chi connectivity index (χ3n) is 3.90. The Bertz CT molecular complexity index is 931. The van der Waals surface area contributed by atoms with Crippen LogP contribution in [0.3, 0.4) is 0 Å². The number of nitrogens with one attached hydrogen (secondary N) is 1. The van der Waals surface area contributed by atoms with E-state index in [4.69, 9.17) is 11.6 Å². The van der Waals surface area contributed by atoms with Gasteiger partial charge >= 0.3 is 0 Å². The van der Waals surface area contributed by atoms with Crippen molar-refractivity contribution >= 4 is 38.9 Å². The molecule has 0 aliphatic rings. The summed E-state index contributed by atoms with van der Waals surface area (Å²) in [5, 5.41) is 2.60. The zero-order valence-electron chi connectivity index (χ0n) is 14.8. The van der Waals surface area contributed by atoms with Gasteiger partial charge < -0.3 is 5.32 Å². The van der Waals surface area contributed by atoms with Gasteiger partial charge in [0, 0.05) is 18.0 Å². The molecule has 2 aromatic rings. The van der Waals surface area contributed by atoms with Crippen molar-refractivity contribution in [1.82, 2.24) is 0 Å². The van der Waals surface area contributed by atoms with Crippen LogP contribution in [0.25, 0.3) is 0 Å². The first kappa shape index (κ1) is 21.1. The maximum Gasteiger partial charge on any atom is 0.232 e. The van der Waals surface area contributed by atoms with Gasteiger partial charge in [0.25, 0.3) is 0 Å². The minimum atomic E-state index is -3.60. The average Bonchev–Trinajstić information content (AvgIpc) is 2.57. The highest BCUT2D eigenvalue weighted by Crippen LogP contribution is 2.28. The SMILES string of the molecule is Cc1c(Cl)cccc1N(CCCC(=O)Nc1c(F)cccc1F)S(C)(=O)=O. The van der Waals surface area contributed by atoms with Gasteiger partial charge in [-0.15, -0.1) is 0 Å². The van der Waals surface area contributed by atoms with E-state index in [1.54, 1.807) is 25.1 Å². The number of carbonyl (C=O) groups excluding carboxylic acids is 1. The average molecular weight is 417 g/mol. The Morgan fingerprint density at radius 2 is 1.74 bits per heavy atom. The molecule has 0 heterocycles. The highest BCUT2D eigenvalue weighted by molar-refractivity contribution is 7.92. The van der Waals surface area contributed by atoms with E-state index in [0.29, 0.717) is 16.3 Å². The van der Waals surface area contributed by atoms with Crippen LogP contribution in [-0.2, 0) is 14.8 Å². The molecule has 2 rings (SSSR count). The maximum absolute atomic E-state index is 13.6. The summed E-state index contributed by atoms with van der Waals surface area (Å²) in [6, 6.07) is 8.17. The summed E-state index contributed by atoms with van der Waals surface area (Å²) >= 11 is 6.06. The standard InChI is InChI=1S/C18H19ClF2N2O3S/c1-12-13(19)6-3-9-16(12)23(27(2,25)26)11-5-10-17(24)22-18-14(20)7-4-8-15(18)21/h3-4,6-9H,5,10-11H2,1-2H3,(H,22,24). The number of hydrogen-bond donors (Lipinski definition) is 1. The Morgan fingerprint density at radius 1 is 1.15 bits per heavy atom. The zero-order chi connectivity index (χ0) is 20.2. The molecular formula is C18H19ClF2N2O3S. The number of para-hydroxylation sites is 1. The largest absolute Gasteiger partial charge is 0.321 e. The molecule has 0 aliphatic carbocycles. The van der Waals surface area contributed by atoms with Gasteiger partial charge in [-0.1, -0.05) is 23.7 Å². The molecule has 0 atom stereocenters. The van der Waals surface area contributed by atoms with Crippen molar-refractivity contribution in [2.24, 2.45) is 0 Å². The smallest absolute Gasteiger partial charge is 0.232 e. The third kappa shape index (κ3) is 5.40. The molecule has 146 valence electrons. The molecule has 0 aromatic heterocycles. The Labute approximate surface area is 162 Å². The lowest BCUT2D eigenvalue weighted by Gasteiger charge is -2.24. The van der Waals surface area contributed by atoms with Crippen LogP contribution in [0.15, 0.2) is 36.4 Å². The van der Waals surface area contributed by atoms with Crippen molar-refractivity contribution in [1.29, 1.82) is 0 Å². The minimum absolute atomic E-state index is 0.0210. The summed E-state index contributed by atoms with van der Waals surface area (Å²) < 4.78 is 52.6.